The van der Waals surface area contributed by atoms with Crippen LogP contribution in [0.1, 0.15) is 29.9 Å². The highest BCUT2D eigenvalue weighted by atomic mass is 32.1. The molecular weight excluding hydrogens is 336 g/mol. The lowest BCUT2D eigenvalue weighted by molar-refractivity contribution is -0.123. The molecule has 0 aliphatic carbocycles. The van der Waals surface area contributed by atoms with E-state index in [4.69, 9.17) is 4.74 Å². The van der Waals surface area contributed by atoms with E-state index in [1.165, 1.54) is 16.9 Å². The van der Waals surface area contributed by atoms with Gasteiger partial charge in [-0.1, -0.05) is 17.4 Å². The Hall–Kier alpha value is -2.41. The van der Waals surface area contributed by atoms with Gasteiger partial charge in [0.15, 0.2) is 11.7 Å². The summed E-state index contributed by atoms with van der Waals surface area (Å²) >= 11 is 1.54. The van der Waals surface area contributed by atoms with Crippen molar-refractivity contribution >= 4 is 28.6 Å². The van der Waals surface area contributed by atoms with Gasteiger partial charge in [0.25, 0.3) is 5.91 Å². The zero-order valence-electron chi connectivity index (χ0n) is 15.1. The molecule has 0 saturated heterocycles. The van der Waals surface area contributed by atoms with Crippen molar-refractivity contribution in [3.05, 3.63) is 40.4 Å². The Labute approximate surface area is 152 Å². The van der Waals surface area contributed by atoms with E-state index in [1.54, 1.807) is 12.4 Å². The van der Waals surface area contributed by atoms with Crippen molar-refractivity contribution in [2.24, 2.45) is 5.10 Å². The summed E-state index contributed by atoms with van der Waals surface area (Å²) in [5.41, 5.74) is 4.78. The SMILES string of the molecule is CCN(CC)c1ncc(/C=N\NC(=O)COc2ccc(C)c(C)c2)s1. The van der Waals surface area contributed by atoms with Crippen LogP contribution in [0.3, 0.4) is 0 Å². The highest BCUT2D eigenvalue weighted by Gasteiger charge is 2.07. The van der Waals surface area contributed by atoms with Gasteiger partial charge in [0.2, 0.25) is 0 Å². The van der Waals surface area contributed by atoms with E-state index in [9.17, 15) is 4.79 Å². The Morgan fingerprint density at radius 2 is 2.08 bits per heavy atom. The third-order valence-electron chi connectivity index (χ3n) is 3.77. The van der Waals surface area contributed by atoms with Crippen LogP contribution in [0.5, 0.6) is 5.75 Å². The smallest absolute Gasteiger partial charge is 0.277 e. The zero-order chi connectivity index (χ0) is 18.2. The summed E-state index contributed by atoms with van der Waals surface area (Å²) in [6.45, 7) is 9.97. The molecule has 0 spiro atoms. The molecular formula is C18H24N4O2S. The molecule has 0 bridgehead atoms. The van der Waals surface area contributed by atoms with Gasteiger partial charge in [0, 0.05) is 19.3 Å². The fraction of sp³-hybridized carbons (Fsp3) is 0.389. The molecule has 0 saturated carbocycles. The third kappa shape index (κ3) is 5.56. The summed E-state index contributed by atoms with van der Waals surface area (Å²) in [7, 11) is 0. The second-order valence-corrected chi connectivity index (χ2v) is 6.59. The lowest BCUT2D eigenvalue weighted by Gasteiger charge is -2.16. The minimum atomic E-state index is -0.303. The van der Waals surface area contributed by atoms with Crippen LogP contribution in [0.2, 0.25) is 0 Å². The number of hydrogen-bond donors (Lipinski definition) is 1. The van der Waals surface area contributed by atoms with E-state index in [1.807, 2.05) is 32.0 Å². The van der Waals surface area contributed by atoms with Gasteiger partial charge in [0.1, 0.15) is 5.75 Å². The molecule has 7 heteroatoms. The van der Waals surface area contributed by atoms with E-state index in [-0.39, 0.29) is 12.5 Å². The normalized spacial score (nSPS) is 10.9. The number of hydrogen-bond acceptors (Lipinski definition) is 6. The first-order chi connectivity index (χ1) is 12.0. The van der Waals surface area contributed by atoms with Crippen LogP contribution in [0.4, 0.5) is 5.13 Å². The Morgan fingerprint density at radius 3 is 2.76 bits per heavy atom. The molecule has 0 atom stereocenters. The van der Waals surface area contributed by atoms with Crippen molar-refractivity contribution in [1.29, 1.82) is 0 Å². The van der Waals surface area contributed by atoms with Crippen LogP contribution >= 0.6 is 11.3 Å². The van der Waals surface area contributed by atoms with Crippen molar-refractivity contribution in [2.75, 3.05) is 24.6 Å². The predicted molar refractivity (Wildman–Crippen MR) is 103 cm³/mol. The maximum absolute atomic E-state index is 11.8. The first-order valence-electron chi connectivity index (χ1n) is 8.26. The minimum absolute atomic E-state index is 0.0762. The Kier molecular flexibility index (Phi) is 6.94. The summed E-state index contributed by atoms with van der Waals surface area (Å²) in [6, 6.07) is 5.74. The second kappa shape index (κ2) is 9.17. The van der Waals surface area contributed by atoms with Gasteiger partial charge in [-0.15, -0.1) is 0 Å². The minimum Gasteiger partial charge on any atom is -0.484 e. The Balaban J connectivity index is 1.81. The molecule has 134 valence electrons. The number of hydrazone groups is 1. The van der Waals surface area contributed by atoms with Crippen LogP contribution in [-0.2, 0) is 4.79 Å². The molecule has 1 aromatic carbocycles. The standard InChI is InChI=1S/C18H24N4O2S/c1-5-22(6-2)18-19-10-16(25-18)11-20-21-17(23)12-24-15-8-7-13(3)14(4)9-15/h7-11H,5-6,12H2,1-4H3,(H,21,23)/b20-11-. The molecule has 1 N–H and O–H groups in total. The summed E-state index contributed by atoms with van der Waals surface area (Å²) in [5, 5.41) is 4.91. The topological polar surface area (TPSA) is 66.8 Å². The summed E-state index contributed by atoms with van der Waals surface area (Å²) < 4.78 is 5.47. The molecule has 2 rings (SSSR count). The summed E-state index contributed by atoms with van der Waals surface area (Å²) in [4.78, 5) is 19.2. The molecule has 1 heterocycles. The number of thiazole rings is 1. The highest BCUT2D eigenvalue weighted by Crippen LogP contribution is 2.20. The second-order valence-electron chi connectivity index (χ2n) is 5.55. The zero-order valence-corrected chi connectivity index (χ0v) is 15.9. The fourth-order valence-corrected chi connectivity index (χ4v) is 3.04. The quantitative estimate of drug-likeness (QED) is 0.580. The number of rotatable bonds is 8. The summed E-state index contributed by atoms with van der Waals surface area (Å²) in [6.07, 6.45) is 3.35. The molecule has 6 nitrogen and oxygen atoms in total. The Morgan fingerprint density at radius 1 is 1.32 bits per heavy atom. The van der Waals surface area contributed by atoms with Crippen LogP contribution in [0.25, 0.3) is 0 Å². The van der Waals surface area contributed by atoms with Gasteiger partial charge in [0.05, 0.1) is 11.1 Å². The van der Waals surface area contributed by atoms with E-state index >= 15 is 0 Å². The molecule has 0 aliphatic rings. The number of anilines is 1. The molecule has 0 fully saturated rings. The predicted octanol–water partition coefficient (Wildman–Crippen LogP) is 3.14. The van der Waals surface area contributed by atoms with Gasteiger partial charge in [-0.2, -0.15) is 5.10 Å². The molecule has 25 heavy (non-hydrogen) atoms. The van der Waals surface area contributed by atoms with Crippen molar-refractivity contribution in [2.45, 2.75) is 27.7 Å². The van der Waals surface area contributed by atoms with Gasteiger partial charge in [-0.3, -0.25) is 4.79 Å². The van der Waals surface area contributed by atoms with Crippen molar-refractivity contribution in [3.63, 3.8) is 0 Å². The molecule has 2 aromatic rings. The van der Waals surface area contributed by atoms with Crippen molar-refractivity contribution < 1.29 is 9.53 Å². The number of carbonyl (C=O) groups excluding carboxylic acids is 1. The van der Waals surface area contributed by atoms with E-state index in [0.717, 1.165) is 28.7 Å². The summed E-state index contributed by atoms with van der Waals surface area (Å²) in [5.74, 6) is 0.372. The van der Waals surface area contributed by atoms with Crippen molar-refractivity contribution in [3.8, 4) is 5.75 Å². The van der Waals surface area contributed by atoms with Gasteiger partial charge < -0.3 is 9.64 Å². The van der Waals surface area contributed by atoms with Crippen LogP contribution in [0.15, 0.2) is 29.5 Å². The number of amides is 1. The van der Waals surface area contributed by atoms with Crippen LogP contribution in [0, 0.1) is 13.8 Å². The van der Waals surface area contributed by atoms with E-state index in [2.05, 4.69) is 34.3 Å². The maximum atomic E-state index is 11.8. The number of ether oxygens (including phenoxy) is 1. The first-order valence-corrected chi connectivity index (χ1v) is 9.07. The van der Waals surface area contributed by atoms with Crippen molar-refractivity contribution in [1.82, 2.24) is 10.4 Å². The van der Waals surface area contributed by atoms with Gasteiger partial charge in [-0.05, 0) is 51.0 Å². The average Bonchev–Trinajstić information content (AvgIpc) is 3.06. The number of nitrogens with one attached hydrogen (secondary N) is 1. The largest absolute Gasteiger partial charge is 0.484 e. The number of carbonyl (C=O) groups is 1. The van der Waals surface area contributed by atoms with E-state index in [0.29, 0.717) is 5.75 Å². The van der Waals surface area contributed by atoms with Crippen LogP contribution in [-0.4, -0.2) is 36.8 Å². The van der Waals surface area contributed by atoms with E-state index < -0.39 is 0 Å². The molecule has 0 aliphatic heterocycles. The molecule has 1 amide bonds. The number of aryl methyl sites for hydroxylation is 2. The maximum Gasteiger partial charge on any atom is 0.277 e. The fourth-order valence-electron chi connectivity index (χ4n) is 2.13. The highest BCUT2D eigenvalue weighted by molar-refractivity contribution is 7.17. The average molecular weight is 360 g/mol. The number of benzene rings is 1. The van der Waals surface area contributed by atoms with Crippen LogP contribution < -0.4 is 15.1 Å². The third-order valence-corrected chi connectivity index (χ3v) is 4.77. The first kappa shape index (κ1) is 18.9. The lowest BCUT2D eigenvalue weighted by atomic mass is 10.1. The van der Waals surface area contributed by atoms with Gasteiger partial charge in [-0.25, -0.2) is 10.4 Å². The monoisotopic (exact) mass is 360 g/mol. The Bertz CT molecular complexity index is 738. The van der Waals surface area contributed by atoms with Gasteiger partial charge >= 0.3 is 0 Å². The number of nitrogens with zero attached hydrogens (tertiary/aromatic N) is 3. The number of aromatic nitrogens is 1. The molecule has 0 radical (unpaired) electrons. The molecule has 1 aromatic heterocycles. The lowest BCUT2D eigenvalue weighted by Crippen LogP contribution is -2.24. The molecule has 0 unspecified atom stereocenters.